The summed E-state index contributed by atoms with van der Waals surface area (Å²) < 4.78 is 5.21. The molecule has 0 amide bonds. The average molecular weight is 409 g/mol. The molecule has 1 fully saturated rings. The predicted molar refractivity (Wildman–Crippen MR) is 85.6 cm³/mol. The van der Waals surface area contributed by atoms with Gasteiger partial charge in [-0.05, 0) is 37.5 Å². The van der Waals surface area contributed by atoms with Gasteiger partial charge in [0.05, 0.1) is 7.11 Å². The SMILES string of the molecule is COc1cc(C)c(O)c(C=NC2CCCCC2)c1.[Cl][Zr][Cl]. The molecule has 0 atom stereocenters. The van der Waals surface area contributed by atoms with Gasteiger partial charge in [-0.25, -0.2) is 0 Å². The molecule has 0 aliphatic heterocycles. The second-order valence-corrected chi connectivity index (χ2v) is 8.76. The van der Waals surface area contributed by atoms with Crippen LogP contribution in [0.3, 0.4) is 0 Å². The standard InChI is InChI=1S/C15H21NO2.2ClH.Zr/c1-11-8-14(18-2)9-12(15(11)17)10-16-13-6-4-3-5-7-13;;;/h8-10,13,17H,3-7H2,1-2H3;2*1H;/q;;;+2/p-2. The van der Waals surface area contributed by atoms with Crippen molar-refractivity contribution in [2.45, 2.75) is 45.1 Å². The van der Waals surface area contributed by atoms with Crippen LogP contribution in [0, 0.1) is 6.92 Å². The van der Waals surface area contributed by atoms with Crippen LogP contribution in [-0.2, 0) is 20.8 Å². The molecule has 1 saturated carbocycles. The Morgan fingerprint density at radius 1 is 1.29 bits per heavy atom. The van der Waals surface area contributed by atoms with E-state index in [-0.39, 0.29) is 0 Å². The number of nitrogens with zero attached hydrogens (tertiary/aromatic N) is 1. The van der Waals surface area contributed by atoms with E-state index in [9.17, 15) is 5.11 Å². The van der Waals surface area contributed by atoms with Gasteiger partial charge in [0, 0.05) is 17.8 Å². The summed E-state index contributed by atoms with van der Waals surface area (Å²) in [5, 5.41) is 10.0. The number of benzene rings is 1. The molecule has 21 heavy (non-hydrogen) atoms. The van der Waals surface area contributed by atoms with Crippen LogP contribution in [0.5, 0.6) is 11.5 Å². The van der Waals surface area contributed by atoms with Crippen molar-refractivity contribution in [2.75, 3.05) is 7.11 Å². The Labute approximate surface area is 145 Å². The van der Waals surface area contributed by atoms with Gasteiger partial charge in [0.25, 0.3) is 0 Å². The fraction of sp³-hybridized carbons (Fsp3) is 0.533. The number of methoxy groups -OCH3 is 1. The molecule has 1 N–H and O–H groups in total. The van der Waals surface area contributed by atoms with Crippen LogP contribution >= 0.6 is 17.0 Å². The second kappa shape index (κ2) is 10.6. The van der Waals surface area contributed by atoms with E-state index in [1.807, 2.05) is 19.1 Å². The van der Waals surface area contributed by atoms with Crippen LogP contribution in [0.15, 0.2) is 17.1 Å². The molecule has 6 heteroatoms. The first-order valence-electron chi connectivity index (χ1n) is 6.99. The summed E-state index contributed by atoms with van der Waals surface area (Å²) in [4.78, 5) is 4.59. The molecule has 0 spiro atoms. The van der Waals surface area contributed by atoms with Crippen molar-refractivity contribution in [3.63, 3.8) is 0 Å². The summed E-state index contributed by atoms with van der Waals surface area (Å²) in [5.41, 5.74) is 1.57. The summed E-state index contributed by atoms with van der Waals surface area (Å²) in [7, 11) is 11.5. The van der Waals surface area contributed by atoms with Gasteiger partial charge in [0.2, 0.25) is 0 Å². The zero-order valence-electron chi connectivity index (χ0n) is 12.4. The molecule has 0 radical (unpaired) electrons. The molecule has 2 rings (SSSR count). The number of hydrogen-bond donors (Lipinski definition) is 1. The van der Waals surface area contributed by atoms with Crippen molar-refractivity contribution in [1.29, 1.82) is 0 Å². The zero-order chi connectivity index (χ0) is 15.7. The maximum absolute atomic E-state index is 10.0. The quantitative estimate of drug-likeness (QED) is 0.726. The first kappa shape index (κ1) is 19.0. The monoisotopic (exact) mass is 407 g/mol. The van der Waals surface area contributed by atoms with Gasteiger partial charge in [-0.2, -0.15) is 0 Å². The number of phenols is 1. The third-order valence-corrected chi connectivity index (χ3v) is 3.54. The Balaban J connectivity index is 0.000000677. The van der Waals surface area contributed by atoms with Gasteiger partial charge in [-0.15, -0.1) is 0 Å². The molecule has 0 aromatic heterocycles. The van der Waals surface area contributed by atoms with Gasteiger partial charge in [-0.3, -0.25) is 4.99 Å². The zero-order valence-corrected chi connectivity index (χ0v) is 16.4. The van der Waals surface area contributed by atoms with Crippen LogP contribution < -0.4 is 4.74 Å². The fourth-order valence-corrected chi connectivity index (χ4v) is 2.40. The van der Waals surface area contributed by atoms with E-state index < -0.39 is 20.8 Å². The van der Waals surface area contributed by atoms with E-state index in [4.69, 9.17) is 21.8 Å². The molecule has 0 unspecified atom stereocenters. The summed E-state index contributed by atoms with van der Waals surface area (Å²) in [5.74, 6) is 1.06. The number of aromatic hydroxyl groups is 1. The Morgan fingerprint density at radius 2 is 1.90 bits per heavy atom. The van der Waals surface area contributed by atoms with Crippen molar-refractivity contribution in [3.05, 3.63) is 23.3 Å². The molecule has 1 aliphatic rings. The van der Waals surface area contributed by atoms with Crippen LogP contribution in [0.1, 0.15) is 43.2 Å². The van der Waals surface area contributed by atoms with E-state index in [0.29, 0.717) is 11.8 Å². The minimum atomic E-state index is -0.826. The maximum atomic E-state index is 10.0. The van der Waals surface area contributed by atoms with Crippen LogP contribution in [-0.4, -0.2) is 24.5 Å². The van der Waals surface area contributed by atoms with Gasteiger partial charge in [-0.1, -0.05) is 19.3 Å². The van der Waals surface area contributed by atoms with Crippen molar-refractivity contribution in [1.82, 2.24) is 0 Å². The topological polar surface area (TPSA) is 41.8 Å². The predicted octanol–water partition coefficient (Wildman–Crippen LogP) is 4.84. The molecular weight excluding hydrogens is 388 g/mol. The van der Waals surface area contributed by atoms with Gasteiger partial charge >= 0.3 is 37.9 Å². The van der Waals surface area contributed by atoms with Crippen molar-refractivity contribution >= 4 is 23.2 Å². The third kappa shape index (κ3) is 6.71. The van der Waals surface area contributed by atoms with E-state index in [0.717, 1.165) is 16.9 Å². The van der Waals surface area contributed by atoms with Crippen LogP contribution in [0.25, 0.3) is 0 Å². The van der Waals surface area contributed by atoms with Gasteiger partial charge in [0.15, 0.2) is 0 Å². The summed E-state index contributed by atoms with van der Waals surface area (Å²) in [6, 6.07) is 4.08. The first-order chi connectivity index (χ1) is 10.1. The van der Waals surface area contributed by atoms with Crippen LogP contribution in [0.4, 0.5) is 0 Å². The summed E-state index contributed by atoms with van der Waals surface area (Å²) in [6.07, 6.45) is 7.99. The van der Waals surface area contributed by atoms with Crippen molar-refractivity contribution < 1.29 is 30.7 Å². The number of aryl methyl sites for hydroxylation is 1. The molecule has 1 aliphatic carbocycles. The van der Waals surface area contributed by atoms with E-state index in [1.165, 1.54) is 32.1 Å². The Hall–Kier alpha value is -0.0469. The Bertz CT molecular complexity index is 463. The second-order valence-electron chi connectivity index (χ2n) is 5.02. The summed E-state index contributed by atoms with van der Waals surface area (Å²) >= 11 is -0.826. The average Bonchev–Trinajstić information content (AvgIpc) is 2.50. The molecule has 3 nitrogen and oxygen atoms in total. The Kier molecular flexibility index (Phi) is 9.63. The number of aliphatic imine (C=N–C) groups is 1. The number of halogens is 2. The third-order valence-electron chi connectivity index (χ3n) is 3.54. The molecule has 1 aromatic carbocycles. The number of rotatable bonds is 3. The minimum absolute atomic E-state index is 0.301. The van der Waals surface area contributed by atoms with E-state index in [1.54, 1.807) is 13.3 Å². The number of hydrogen-bond acceptors (Lipinski definition) is 3. The van der Waals surface area contributed by atoms with Gasteiger partial charge < -0.3 is 9.84 Å². The number of ether oxygens (including phenoxy) is 1. The number of phenolic OH excluding ortho intramolecular Hbond substituents is 1. The Morgan fingerprint density at radius 3 is 2.48 bits per heavy atom. The molecule has 1 aromatic rings. The normalized spacial score (nSPS) is 15.4. The molecule has 116 valence electrons. The van der Waals surface area contributed by atoms with E-state index in [2.05, 4.69) is 4.99 Å². The molecule has 0 bridgehead atoms. The van der Waals surface area contributed by atoms with Gasteiger partial charge in [0.1, 0.15) is 11.5 Å². The molecular formula is C15H21Cl2NO2Zr. The fourth-order valence-electron chi connectivity index (χ4n) is 2.40. The molecule has 0 heterocycles. The van der Waals surface area contributed by atoms with E-state index >= 15 is 0 Å². The van der Waals surface area contributed by atoms with Crippen LogP contribution in [0.2, 0.25) is 0 Å². The first-order valence-corrected chi connectivity index (χ1v) is 13.3. The van der Waals surface area contributed by atoms with Crippen molar-refractivity contribution in [2.24, 2.45) is 4.99 Å². The summed E-state index contributed by atoms with van der Waals surface area (Å²) in [6.45, 7) is 1.87. The molecule has 0 saturated heterocycles. The van der Waals surface area contributed by atoms with Crippen molar-refractivity contribution in [3.8, 4) is 11.5 Å².